The Morgan fingerprint density at radius 1 is 1.24 bits per heavy atom. The highest BCUT2D eigenvalue weighted by atomic mass is 16.6. The van der Waals surface area contributed by atoms with Crippen LogP contribution in [0.4, 0.5) is 4.79 Å². The van der Waals surface area contributed by atoms with E-state index in [2.05, 4.69) is 0 Å². The predicted molar refractivity (Wildman–Crippen MR) is 95.7 cm³/mol. The highest BCUT2D eigenvalue weighted by Crippen LogP contribution is 2.48. The normalized spacial score (nSPS) is 28.8. The number of carbonyl (C=O) groups is 1. The molecule has 0 aliphatic carbocycles. The van der Waals surface area contributed by atoms with Gasteiger partial charge in [-0.25, -0.2) is 4.79 Å². The second-order valence-corrected chi connectivity index (χ2v) is 8.42. The monoisotopic (exact) mass is 347 g/mol. The molecular weight excluding hydrogens is 318 g/mol. The number of benzene rings is 1. The molecule has 5 heteroatoms. The topological polar surface area (TPSA) is 59.0 Å². The van der Waals surface area contributed by atoms with Gasteiger partial charge in [0.1, 0.15) is 11.4 Å². The lowest BCUT2D eigenvalue weighted by atomic mass is 9.79. The number of ether oxygens (including phenoxy) is 2. The summed E-state index contributed by atoms with van der Waals surface area (Å²) in [7, 11) is 1.63. The van der Waals surface area contributed by atoms with E-state index >= 15 is 0 Å². The number of nitrogens with zero attached hydrogens (tertiary/aromatic N) is 1. The maximum atomic E-state index is 12.6. The summed E-state index contributed by atoms with van der Waals surface area (Å²) in [4.78, 5) is 14.4. The first-order valence-electron chi connectivity index (χ1n) is 9.02. The van der Waals surface area contributed by atoms with Crippen molar-refractivity contribution in [2.75, 3.05) is 7.11 Å². The van der Waals surface area contributed by atoms with Crippen molar-refractivity contribution in [3.8, 4) is 5.75 Å². The number of fused-ring (bicyclic) bond motifs is 2. The van der Waals surface area contributed by atoms with E-state index in [9.17, 15) is 9.90 Å². The zero-order valence-corrected chi connectivity index (χ0v) is 15.8. The maximum absolute atomic E-state index is 12.6. The molecule has 0 radical (unpaired) electrons. The Labute approximate surface area is 149 Å². The van der Waals surface area contributed by atoms with Gasteiger partial charge in [-0.05, 0) is 52.7 Å². The Kier molecular flexibility index (Phi) is 4.48. The molecule has 1 amide bonds. The van der Waals surface area contributed by atoms with Crippen LogP contribution in [0.25, 0.3) is 0 Å². The standard InChI is InChI=1S/C20H29NO4/c1-13-6-9-17(24-5)16(10-13)20(23)11-14-7-8-15(12-20)21(14)18(22)25-19(2,3)4/h6,9-10,14-15,23H,7-8,11-12H2,1-5H3. The number of aryl methyl sites for hydroxylation is 1. The van der Waals surface area contributed by atoms with Gasteiger partial charge in [0.2, 0.25) is 0 Å². The minimum atomic E-state index is -0.971. The number of rotatable bonds is 2. The molecule has 2 fully saturated rings. The molecule has 138 valence electrons. The van der Waals surface area contributed by atoms with Crippen LogP contribution in [0.15, 0.2) is 18.2 Å². The van der Waals surface area contributed by atoms with E-state index in [4.69, 9.17) is 9.47 Å². The predicted octanol–water partition coefficient (Wildman–Crippen LogP) is 3.75. The first-order valence-corrected chi connectivity index (χ1v) is 9.02. The van der Waals surface area contributed by atoms with Crippen LogP contribution < -0.4 is 4.74 Å². The number of hydrogen-bond donors (Lipinski definition) is 1. The van der Waals surface area contributed by atoms with Crippen LogP contribution in [0, 0.1) is 6.92 Å². The molecule has 1 aromatic carbocycles. The van der Waals surface area contributed by atoms with Gasteiger partial charge in [0.15, 0.2) is 0 Å². The Hall–Kier alpha value is -1.75. The Morgan fingerprint density at radius 2 is 1.84 bits per heavy atom. The van der Waals surface area contributed by atoms with Crippen molar-refractivity contribution in [3.05, 3.63) is 29.3 Å². The second kappa shape index (κ2) is 6.20. The summed E-state index contributed by atoms with van der Waals surface area (Å²) in [6, 6.07) is 5.90. The number of carbonyl (C=O) groups excluding carboxylic acids is 1. The van der Waals surface area contributed by atoms with E-state index in [1.165, 1.54) is 0 Å². The van der Waals surface area contributed by atoms with Crippen LogP contribution >= 0.6 is 0 Å². The zero-order chi connectivity index (χ0) is 18.4. The van der Waals surface area contributed by atoms with Crippen LogP contribution in [0.2, 0.25) is 0 Å². The minimum Gasteiger partial charge on any atom is -0.496 e. The fraction of sp³-hybridized carbons (Fsp3) is 0.650. The molecule has 2 unspecified atom stereocenters. The second-order valence-electron chi connectivity index (χ2n) is 8.42. The molecule has 2 bridgehead atoms. The fourth-order valence-electron chi connectivity index (χ4n) is 4.24. The van der Waals surface area contributed by atoms with Crippen LogP contribution in [0.1, 0.15) is 57.6 Å². The van der Waals surface area contributed by atoms with E-state index in [0.717, 1.165) is 24.0 Å². The van der Waals surface area contributed by atoms with Crippen LogP contribution in [0.3, 0.4) is 0 Å². The van der Waals surface area contributed by atoms with Crippen molar-refractivity contribution >= 4 is 6.09 Å². The zero-order valence-electron chi connectivity index (χ0n) is 15.8. The molecule has 0 saturated carbocycles. The summed E-state index contributed by atoms with van der Waals surface area (Å²) in [5.74, 6) is 0.707. The van der Waals surface area contributed by atoms with Gasteiger partial charge >= 0.3 is 6.09 Å². The molecular formula is C20H29NO4. The third-order valence-corrected chi connectivity index (χ3v) is 5.23. The molecule has 2 saturated heterocycles. The van der Waals surface area contributed by atoms with Crippen molar-refractivity contribution in [2.24, 2.45) is 0 Å². The van der Waals surface area contributed by atoms with Gasteiger partial charge in [-0.15, -0.1) is 0 Å². The van der Waals surface area contributed by atoms with E-state index < -0.39 is 11.2 Å². The molecule has 2 heterocycles. The Bertz CT molecular complexity index is 650. The first kappa shape index (κ1) is 18.1. The van der Waals surface area contributed by atoms with Crippen molar-refractivity contribution in [3.63, 3.8) is 0 Å². The average molecular weight is 347 g/mol. The summed E-state index contributed by atoms with van der Waals surface area (Å²) in [5.41, 5.74) is 0.438. The fourth-order valence-corrected chi connectivity index (χ4v) is 4.24. The van der Waals surface area contributed by atoms with Crippen molar-refractivity contribution in [1.82, 2.24) is 4.90 Å². The third-order valence-electron chi connectivity index (χ3n) is 5.23. The first-order chi connectivity index (χ1) is 11.6. The minimum absolute atomic E-state index is 0.00354. The molecule has 2 aliphatic heterocycles. The average Bonchev–Trinajstić information content (AvgIpc) is 2.78. The Balaban J connectivity index is 1.86. The lowest BCUT2D eigenvalue weighted by molar-refractivity contribution is -0.0633. The highest BCUT2D eigenvalue weighted by molar-refractivity contribution is 5.70. The number of hydrogen-bond acceptors (Lipinski definition) is 4. The molecule has 5 nitrogen and oxygen atoms in total. The number of methoxy groups -OCH3 is 1. The quantitative estimate of drug-likeness (QED) is 0.885. The molecule has 25 heavy (non-hydrogen) atoms. The SMILES string of the molecule is COc1ccc(C)cc1C1(O)CC2CCC(C1)N2C(=O)OC(C)(C)C. The van der Waals surface area contributed by atoms with Crippen LogP contribution in [-0.2, 0) is 10.3 Å². The summed E-state index contributed by atoms with van der Waals surface area (Å²) >= 11 is 0. The Morgan fingerprint density at radius 3 is 2.36 bits per heavy atom. The lowest BCUT2D eigenvalue weighted by Gasteiger charge is -2.44. The van der Waals surface area contributed by atoms with Gasteiger partial charge < -0.3 is 19.5 Å². The van der Waals surface area contributed by atoms with Gasteiger partial charge in [-0.2, -0.15) is 0 Å². The summed E-state index contributed by atoms with van der Waals surface area (Å²) < 4.78 is 11.1. The van der Waals surface area contributed by atoms with Crippen LogP contribution in [0.5, 0.6) is 5.75 Å². The molecule has 2 aliphatic rings. The largest absolute Gasteiger partial charge is 0.496 e. The molecule has 1 N–H and O–H groups in total. The molecule has 0 aromatic heterocycles. The van der Waals surface area contributed by atoms with Crippen molar-refractivity contribution < 1.29 is 19.4 Å². The van der Waals surface area contributed by atoms with E-state index in [1.807, 2.05) is 50.8 Å². The highest BCUT2D eigenvalue weighted by Gasteiger charge is 2.51. The van der Waals surface area contributed by atoms with Crippen molar-refractivity contribution in [1.29, 1.82) is 0 Å². The van der Waals surface area contributed by atoms with Gasteiger partial charge in [-0.1, -0.05) is 11.6 Å². The van der Waals surface area contributed by atoms with Crippen LogP contribution in [-0.4, -0.2) is 40.9 Å². The number of amides is 1. The molecule has 3 rings (SSSR count). The molecule has 1 aromatic rings. The van der Waals surface area contributed by atoms with Gasteiger partial charge in [0, 0.05) is 30.5 Å². The smallest absolute Gasteiger partial charge is 0.410 e. The number of piperidine rings is 1. The summed E-state index contributed by atoms with van der Waals surface area (Å²) in [6.07, 6.45) is 2.57. The van der Waals surface area contributed by atoms with Gasteiger partial charge in [0.05, 0.1) is 12.7 Å². The van der Waals surface area contributed by atoms with E-state index in [-0.39, 0.29) is 18.2 Å². The summed E-state index contributed by atoms with van der Waals surface area (Å²) in [6.45, 7) is 7.65. The van der Waals surface area contributed by atoms with Gasteiger partial charge in [0.25, 0.3) is 0 Å². The maximum Gasteiger partial charge on any atom is 0.410 e. The summed E-state index contributed by atoms with van der Waals surface area (Å²) in [5, 5.41) is 11.4. The van der Waals surface area contributed by atoms with E-state index in [0.29, 0.717) is 18.6 Å². The third kappa shape index (κ3) is 3.47. The molecule has 0 spiro atoms. The van der Waals surface area contributed by atoms with Gasteiger partial charge in [-0.3, -0.25) is 0 Å². The van der Waals surface area contributed by atoms with E-state index in [1.54, 1.807) is 7.11 Å². The van der Waals surface area contributed by atoms with Crippen molar-refractivity contribution in [2.45, 2.75) is 76.7 Å². The lowest BCUT2D eigenvalue weighted by Crippen LogP contribution is -2.53. The number of aliphatic hydroxyl groups is 1. The molecule has 2 atom stereocenters.